The van der Waals surface area contributed by atoms with E-state index < -0.39 is 0 Å². The molecule has 1 amide bonds. The van der Waals surface area contributed by atoms with Crippen molar-refractivity contribution in [2.24, 2.45) is 0 Å². The van der Waals surface area contributed by atoms with Crippen LogP contribution in [0.15, 0.2) is 16.7 Å². The van der Waals surface area contributed by atoms with Crippen molar-refractivity contribution in [1.82, 2.24) is 10.3 Å². The summed E-state index contributed by atoms with van der Waals surface area (Å²) in [5.74, 6) is -0.218. The van der Waals surface area contributed by atoms with E-state index in [0.29, 0.717) is 18.7 Å². The normalized spacial score (nSPS) is 10.4. The number of pyridine rings is 1. The van der Waals surface area contributed by atoms with Gasteiger partial charge in [0.1, 0.15) is 5.15 Å². The number of rotatable bonds is 7. The maximum Gasteiger partial charge on any atom is 0.254 e. The molecular weight excluding hydrogens is 320 g/mol. The predicted molar refractivity (Wildman–Crippen MR) is 75.0 cm³/mol. The molecule has 0 saturated heterocycles. The van der Waals surface area contributed by atoms with Gasteiger partial charge in [0.25, 0.3) is 5.91 Å². The van der Waals surface area contributed by atoms with Crippen LogP contribution in [0.1, 0.15) is 30.1 Å². The Morgan fingerprint density at radius 3 is 3.06 bits per heavy atom. The second-order valence-electron chi connectivity index (χ2n) is 3.71. The third-order valence-electron chi connectivity index (χ3n) is 2.15. The van der Waals surface area contributed by atoms with Gasteiger partial charge >= 0.3 is 0 Å². The van der Waals surface area contributed by atoms with E-state index in [0.717, 1.165) is 23.9 Å². The van der Waals surface area contributed by atoms with Crippen LogP contribution >= 0.6 is 27.5 Å². The summed E-state index contributed by atoms with van der Waals surface area (Å²) in [4.78, 5) is 15.7. The van der Waals surface area contributed by atoms with Crippen molar-refractivity contribution in [3.8, 4) is 0 Å². The van der Waals surface area contributed by atoms with Gasteiger partial charge in [-0.2, -0.15) is 0 Å². The maximum atomic E-state index is 11.8. The standard InChI is InChI=1S/C12H16BrClN2O2/c1-2-5-18-6-3-4-15-12(17)10-7-9(13)8-16-11(10)14/h7-8H,2-6H2,1H3,(H,15,17). The molecular formula is C12H16BrClN2O2. The van der Waals surface area contributed by atoms with Crippen LogP contribution in [0.3, 0.4) is 0 Å². The van der Waals surface area contributed by atoms with E-state index in [2.05, 4.69) is 33.2 Å². The lowest BCUT2D eigenvalue weighted by atomic mass is 10.2. The van der Waals surface area contributed by atoms with E-state index in [-0.39, 0.29) is 11.1 Å². The number of hydrogen-bond donors (Lipinski definition) is 1. The molecule has 0 spiro atoms. The van der Waals surface area contributed by atoms with Crippen molar-refractivity contribution in [3.63, 3.8) is 0 Å². The Kier molecular flexibility index (Phi) is 7.23. The molecule has 6 heteroatoms. The van der Waals surface area contributed by atoms with E-state index >= 15 is 0 Å². The fraction of sp³-hybridized carbons (Fsp3) is 0.500. The molecule has 0 unspecified atom stereocenters. The lowest BCUT2D eigenvalue weighted by molar-refractivity contribution is 0.0941. The molecule has 0 aliphatic carbocycles. The number of carbonyl (C=O) groups excluding carboxylic acids is 1. The lowest BCUT2D eigenvalue weighted by Crippen LogP contribution is -2.25. The van der Waals surface area contributed by atoms with Crippen LogP contribution in [0.4, 0.5) is 0 Å². The molecule has 100 valence electrons. The van der Waals surface area contributed by atoms with Crippen LogP contribution < -0.4 is 5.32 Å². The molecule has 1 N–H and O–H groups in total. The summed E-state index contributed by atoms with van der Waals surface area (Å²) in [5.41, 5.74) is 0.375. The van der Waals surface area contributed by atoms with E-state index in [1.54, 1.807) is 12.3 Å². The summed E-state index contributed by atoms with van der Waals surface area (Å²) in [5, 5.41) is 2.99. The van der Waals surface area contributed by atoms with Crippen LogP contribution in [0.25, 0.3) is 0 Å². The minimum Gasteiger partial charge on any atom is -0.381 e. The number of aromatic nitrogens is 1. The fourth-order valence-corrected chi connectivity index (χ4v) is 1.82. The van der Waals surface area contributed by atoms with Gasteiger partial charge in [0.05, 0.1) is 5.56 Å². The number of nitrogens with one attached hydrogen (secondary N) is 1. The molecule has 1 aromatic rings. The Morgan fingerprint density at radius 1 is 1.56 bits per heavy atom. The topological polar surface area (TPSA) is 51.2 Å². The van der Waals surface area contributed by atoms with Gasteiger partial charge in [-0.3, -0.25) is 4.79 Å². The average Bonchev–Trinajstić information content (AvgIpc) is 2.36. The largest absolute Gasteiger partial charge is 0.381 e. The van der Waals surface area contributed by atoms with Gasteiger partial charge in [0.2, 0.25) is 0 Å². The summed E-state index contributed by atoms with van der Waals surface area (Å²) < 4.78 is 6.04. The second-order valence-corrected chi connectivity index (χ2v) is 4.99. The van der Waals surface area contributed by atoms with Crippen molar-refractivity contribution in [3.05, 3.63) is 27.5 Å². The molecule has 0 fully saturated rings. The highest BCUT2D eigenvalue weighted by atomic mass is 79.9. The third kappa shape index (κ3) is 5.33. The SMILES string of the molecule is CCCOCCCNC(=O)c1cc(Br)cnc1Cl. The first kappa shape index (κ1) is 15.4. The fourth-order valence-electron chi connectivity index (χ4n) is 1.30. The Morgan fingerprint density at radius 2 is 2.33 bits per heavy atom. The monoisotopic (exact) mass is 334 g/mol. The van der Waals surface area contributed by atoms with E-state index in [1.807, 2.05) is 0 Å². The van der Waals surface area contributed by atoms with Crippen molar-refractivity contribution in [2.75, 3.05) is 19.8 Å². The van der Waals surface area contributed by atoms with Gasteiger partial charge < -0.3 is 10.1 Å². The predicted octanol–water partition coefficient (Wildman–Crippen LogP) is 3.04. The van der Waals surface area contributed by atoms with Crippen LogP contribution in [-0.2, 0) is 4.74 Å². The Labute approximate surface area is 120 Å². The van der Waals surface area contributed by atoms with E-state index in [9.17, 15) is 4.79 Å². The summed E-state index contributed by atoms with van der Waals surface area (Å²) in [6.07, 6.45) is 3.34. The molecule has 1 rings (SSSR count). The van der Waals surface area contributed by atoms with Crippen molar-refractivity contribution < 1.29 is 9.53 Å². The molecule has 0 aromatic carbocycles. The molecule has 1 aromatic heterocycles. The molecule has 0 bridgehead atoms. The molecule has 1 heterocycles. The maximum absolute atomic E-state index is 11.8. The molecule has 0 aliphatic heterocycles. The minimum absolute atomic E-state index is 0.206. The average molecular weight is 336 g/mol. The zero-order valence-electron chi connectivity index (χ0n) is 10.2. The smallest absolute Gasteiger partial charge is 0.254 e. The highest BCUT2D eigenvalue weighted by Crippen LogP contribution is 2.17. The van der Waals surface area contributed by atoms with Crippen LogP contribution in [0.5, 0.6) is 0 Å². The van der Waals surface area contributed by atoms with Gasteiger partial charge in [-0.25, -0.2) is 4.98 Å². The van der Waals surface area contributed by atoms with E-state index in [1.165, 1.54) is 0 Å². The number of carbonyl (C=O) groups is 1. The number of hydrogen-bond acceptors (Lipinski definition) is 3. The first-order chi connectivity index (χ1) is 8.65. The Balaban J connectivity index is 2.34. The van der Waals surface area contributed by atoms with Gasteiger partial charge in [-0.1, -0.05) is 18.5 Å². The lowest BCUT2D eigenvalue weighted by Gasteiger charge is -2.07. The first-order valence-electron chi connectivity index (χ1n) is 5.82. The van der Waals surface area contributed by atoms with Gasteiger partial charge in [0, 0.05) is 30.4 Å². The van der Waals surface area contributed by atoms with E-state index in [4.69, 9.17) is 16.3 Å². The molecule has 4 nitrogen and oxygen atoms in total. The van der Waals surface area contributed by atoms with Crippen LogP contribution in [-0.4, -0.2) is 30.6 Å². The Hall–Kier alpha value is -0.650. The minimum atomic E-state index is -0.218. The van der Waals surface area contributed by atoms with Gasteiger partial charge in [-0.15, -0.1) is 0 Å². The first-order valence-corrected chi connectivity index (χ1v) is 6.99. The zero-order valence-corrected chi connectivity index (χ0v) is 12.6. The number of halogens is 2. The van der Waals surface area contributed by atoms with Gasteiger partial charge in [0.15, 0.2) is 0 Å². The van der Waals surface area contributed by atoms with Crippen LogP contribution in [0, 0.1) is 0 Å². The van der Waals surface area contributed by atoms with Gasteiger partial charge in [-0.05, 0) is 34.8 Å². The molecule has 0 aliphatic rings. The molecule has 0 atom stereocenters. The van der Waals surface area contributed by atoms with Crippen molar-refractivity contribution in [2.45, 2.75) is 19.8 Å². The number of nitrogens with zero attached hydrogens (tertiary/aromatic N) is 1. The molecule has 0 radical (unpaired) electrons. The number of ether oxygens (including phenoxy) is 1. The highest BCUT2D eigenvalue weighted by molar-refractivity contribution is 9.10. The molecule has 0 saturated carbocycles. The summed E-state index contributed by atoms with van der Waals surface area (Å²) in [6.45, 7) is 4.03. The summed E-state index contributed by atoms with van der Waals surface area (Å²) in [7, 11) is 0. The molecule has 18 heavy (non-hydrogen) atoms. The zero-order chi connectivity index (χ0) is 13.4. The van der Waals surface area contributed by atoms with Crippen LogP contribution in [0.2, 0.25) is 5.15 Å². The highest BCUT2D eigenvalue weighted by Gasteiger charge is 2.11. The van der Waals surface area contributed by atoms with Crippen molar-refractivity contribution in [1.29, 1.82) is 0 Å². The summed E-state index contributed by atoms with van der Waals surface area (Å²) >= 11 is 9.11. The van der Waals surface area contributed by atoms with Crippen molar-refractivity contribution >= 4 is 33.4 Å². The second kappa shape index (κ2) is 8.45. The summed E-state index contributed by atoms with van der Waals surface area (Å²) in [6, 6.07) is 1.65. The Bertz CT molecular complexity index is 402. The number of amides is 1. The third-order valence-corrected chi connectivity index (χ3v) is 2.88. The quantitative estimate of drug-likeness (QED) is 0.615.